The minimum Gasteiger partial charge on any atom is -0.313 e. The third kappa shape index (κ3) is 3.40. The summed E-state index contributed by atoms with van der Waals surface area (Å²) in [7, 11) is 0. The third-order valence-electron chi connectivity index (χ3n) is 4.65. The minimum atomic E-state index is 0.976. The van der Waals surface area contributed by atoms with Crippen LogP contribution in [0.25, 0.3) is 10.8 Å². The molecule has 1 aliphatic carbocycles. The smallest absolute Gasteiger partial charge is 0.0211 e. The van der Waals surface area contributed by atoms with Crippen molar-refractivity contribution in [2.24, 2.45) is 5.92 Å². The zero-order chi connectivity index (χ0) is 13.6. The Kier molecular flexibility index (Phi) is 4.70. The molecule has 0 spiro atoms. The molecule has 0 unspecified atom stereocenters. The van der Waals surface area contributed by atoms with E-state index >= 15 is 0 Å². The lowest BCUT2D eigenvalue weighted by Gasteiger charge is -2.21. The van der Waals surface area contributed by atoms with E-state index in [2.05, 4.69) is 47.8 Å². The lowest BCUT2D eigenvalue weighted by atomic mass is 9.87. The molecule has 0 bridgehead atoms. The molecule has 0 radical (unpaired) electrons. The van der Waals surface area contributed by atoms with Gasteiger partial charge in [0.15, 0.2) is 0 Å². The van der Waals surface area contributed by atoms with Gasteiger partial charge in [0, 0.05) is 6.54 Å². The zero-order valence-corrected chi connectivity index (χ0v) is 12.3. The molecule has 0 amide bonds. The van der Waals surface area contributed by atoms with Gasteiger partial charge in [0.05, 0.1) is 0 Å². The summed E-state index contributed by atoms with van der Waals surface area (Å²) in [5.74, 6) is 0.976. The van der Waals surface area contributed by atoms with Crippen molar-refractivity contribution in [3.8, 4) is 0 Å². The van der Waals surface area contributed by atoms with Gasteiger partial charge in [-0.3, -0.25) is 0 Å². The van der Waals surface area contributed by atoms with E-state index in [4.69, 9.17) is 0 Å². The van der Waals surface area contributed by atoms with Gasteiger partial charge in [-0.1, -0.05) is 74.6 Å². The Bertz CT molecular complexity index is 535. The second-order valence-electron chi connectivity index (χ2n) is 6.11. The van der Waals surface area contributed by atoms with Gasteiger partial charge in [0.2, 0.25) is 0 Å². The summed E-state index contributed by atoms with van der Waals surface area (Å²) in [6, 6.07) is 15.3. The standard InChI is InChI=1S/C19H25N/c1-2-7-16(8-3-1)13-14-20-15-18-11-6-10-17-9-4-5-12-19(17)18/h4-6,9-12,16,20H,1-3,7-8,13-15H2. The fourth-order valence-electron chi connectivity index (χ4n) is 3.45. The van der Waals surface area contributed by atoms with Gasteiger partial charge in [-0.05, 0) is 35.2 Å². The maximum atomic E-state index is 3.64. The van der Waals surface area contributed by atoms with Crippen LogP contribution >= 0.6 is 0 Å². The molecule has 2 aromatic rings. The van der Waals surface area contributed by atoms with Crippen LogP contribution in [-0.4, -0.2) is 6.54 Å². The van der Waals surface area contributed by atoms with E-state index in [1.165, 1.54) is 54.9 Å². The maximum Gasteiger partial charge on any atom is 0.0211 e. The van der Waals surface area contributed by atoms with Gasteiger partial charge in [-0.15, -0.1) is 0 Å². The first kappa shape index (κ1) is 13.6. The average Bonchev–Trinajstić information content (AvgIpc) is 2.53. The van der Waals surface area contributed by atoms with Crippen molar-refractivity contribution in [3.63, 3.8) is 0 Å². The molecule has 106 valence electrons. The van der Waals surface area contributed by atoms with Gasteiger partial charge in [0.1, 0.15) is 0 Å². The average molecular weight is 267 g/mol. The molecule has 1 nitrogen and oxygen atoms in total. The van der Waals surface area contributed by atoms with Gasteiger partial charge in [0.25, 0.3) is 0 Å². The molecule has 1 N–H and O–H groups in total. The number of rotatable bonds is 5. The van der Waals surface area contributed by atoms with E-state index in [1.807, 2.05) is 0 Å². The van der Waals surface area contributed by atoms with E-state index in [-0.39, 0.29) is 0 Å². The highest BCUT2D eigenvalue weighted by atomic mass is 14.8. The second kappa shape index (κ2) is 6.90. The number of hydrogen-bond donors (Lipinski definition) is 1. The first-order valence-electron chi connectivity index (χ1n) is 8.11. The molecule has 0 saturated heterocycles. The van der Waals surface area contributed by atoms with Crippen LogP contribution in [-0.2, 0) is 6.54 Å². The SMILES string of the molecule is c1ccc2c(CNCCC3CCCCC3)cccc2c1. The third-order valence-corrected chi connectivity index (χ3v) is 4.65. The van der Waals surface area contributed by atoms with Gasteiger partial charge < -0.3 is 5.32 Å². The summed E-state index contributed by atoms with van der Waals surface area (Å²) in [6.45, 7) is 2.15. The lowest BCUT2D eigenvalue weighted by molar-refractivity contribution is 0.334. The van der Waals surface area contributed by atoms with E-state index < -0.39 is 0 Å². The van der Waals surface area contributed by atoms with Crippen LogP contribution in [0.2, 0.25) is 0 Å². The summed E-state index contributed by atoms with van der Waals surface area (Å²) < 4.78 is 0. The van der Waals surface area contributed by atoms with Crippen molar-refractivity contribution in [1.82, 2.24) is 5.32 Å². The van der Waals surface area contributed by atoms with Crippen LogP contribution in [0.3, 0.4) is 0 Å². The molecule has 1 aliphatic rings. The zero-order valence-electron chi connectivity index (χ0n) is 12.3. The Labute approximate surface area is 122 Å². The molecular formula is C19H25N. The fraction of sp³-hybridized carbons (Fsp3) is 0.474. The van der Waals surface area contributed by atoms with E-state index in [0.29, 0.717) is 0 Å². The van der Waals surface area contributed by atoms with Gasteiger partial charge >= 0.3 is 0 Å². The van der Waals surface area contributed by atoms with Crippen molar-refractivity contribution in [2.45, 2.75) is 45.1 Å². The topological polar surface area (TPSA) is 12.0 Å². The Morgan fingerprint density at radius 2 is 1.70 bits per heavy atom. The highest BCUT2D eigenvalue weighted by molar-refractivity contribution is 5.85. The molecule has 1 saturated carbocycles. The molecule has 0 heterocycles. The Hall–Kier alpha value is -1.34. The molecule has 1 fully saturated rings. The Morgan fingerprint density at radius 3 is 2.60 bits per heavy atom. The summed E-state index contributed by atoms with van der Waals surface area (Å²) >= 11 is 0. The van der Waals surface area contributed by atoms with Gasteiger partial charge in [-0.2, -0.15) is 0 Å². The van der Waals surface area contributed by atoms with Crippen molar-refractivity contribution in [3.05, 3.63) is 48.0 Å². The second-order valence-corrected chi connectivity index (χ2v) is 6.11. The molecule has 20 heavy (non-hydrogen) atoms. The van der Waals surface area contributed by atoms with Crippen LogP contribution < -0.4 is 5.32 Å². The molecule has 3 rings (SSSR count). The first-order chi connectivity index (χ1) is 9.93. The van der Waals surface area contributed by atoms with Crippen molar-refractivity contribution >= 4 is 10.8 Å². The predicted molar refractivity (Wildman–Crippen MR) is 86.8 cm³/mol. The number of benzene rings is 2. The summed E-state index contributed by atoms with van der Waals surface area (Å²) in [5, 5.41) is 6.38. The van der Waals surface area contributed by atoms with Crippen LogP contribution in [0.15, 0.2) is 42.5 Å². The molecule has 0 atom stereocenters. The largest absolute Gasteiger partial charge is 0.313 e. The Morgan fingerprint density at radius 1 is 0.900 bits per heavy atom. The predicted octanol–water partition coefficient (Wildman–Crippen LogP) is 4.90. The summed E-state index contributed by atoms with van der Waals surface area (Å²) in [6.07, 6.45) is 8.62. The Balaban J connectivity index is 1.52. The minimum absolute atomic E-state index is 0.976. The van der Waals surface area contributed by atoms with Crippen molar-refractivity contribution < 1.29 is 0 Å². The molecule has 0 aliphatic heterocycles. The lowest BCUT2D eigenvalue weighted by Crippen LogP contribution is -2.19. The van der Waals surface area contributed by atoms with Crippen LogP contribution in [0.1, 0.15) is 44.1 Å². The molecule has 0 aromatic heterocycles. The highest BCUT2D eigenvalue weighted by Crippen LogP contribution is 2.25. The van der Waals surface area contributed by atoms with Crippen LogP contribution in [0, 0.1) is 5.92 Å². The van der Waals surface area contributed by atoms with E-state index in [0.717, 1.165) is 19.0 Å². The monoisotopic (exact) mass is 267 g/mol. The van der Waals surface area contributed by atoms with Crippen molar-refractivity contribution in [1.29, 1.82) is 0 Å². The fourth-order valence-corrected chi connectivity index (χ4v) is 3.45. The van der Waals surface area contributed by atoms with E-state index in [1.54, 1.807) is 0 Å². The highest BCUT2D eigenvalue weighted by Gasteiger charge is 2.12. The molecule has 2 aromatic carbocycles. The number of nitrogens with one attached hydrogen (secondary N) is 1. The molecule has 1 heteroatoms. The van der Waals surface area contributed by atoms with Crippen LogP contribution in [0.4, 0.5) is 0 Å². The normalized spacial score (nSPS) is 16.6. The maximum absolute atomic E-state index is 3.64. The first-order valence-corrected chi connectivity index (χ1v) is 8.11. The molecular weight excluding hydrogens is 242 g/mol. The van der Waals surface area contributed by atoms with Crippen molar-refractivity contribution in [2.75, 3.05) is 6.54 Å². The van der Waals surface area contributed by atoms with Gasteiger partial charge in [-0.25, -0.2) is 0 Å². The summed E-state index contributed by atoms with van der Waals surface area (Å²) in [4.78, 5) is 0. The van der Waals surface area contributed by atoms with Crippen LogP contribution in [0.5, 0.6) is 0 Å². The number of fused-ring (bicyclic) bond motifs is 1. The number of hydrogen-bond acceptors (Lipinski definition) is 1. The quantitative estimate of drug-likeness (QED) is 0.760. The summed E-state index contributed by atoms with van der Waals surface area (Å²) in [5.41, 5.74) is 1.42. The van der Waals surface area contributed by atoms with E-state index in [9.17, 15) is 0 Å².